The molecular weight excluding hydrogens is 471 g/mol. The smallest absolute Gasteiger partial charge is 0.389 e. The molecule has 0 aromatic carbocycles. The third-order valence-electron chi connectivity index (χ3n) is 6.05. The van der Waals surface area contributed by atoms with Crippen molar-refractivity contribution in [2.24, 2.45) is 5.92 Å². The van der Waals surface area contributed by atoms with E-state index in [0.29, 0.717) is 12.8 Å². The van der Waals surface area contributed by atoms with Gasteiger partial charge in [0.2, 0.25) is 11.8 Å². The Morgan fingerprint density at radius 1 is 1.29 bits per heavy atom. The van der Waals surface area contributed by atoms with Gasteiger partial charge < -0.3 is 20.3 Å². The van der Waals surface area contributed by atoms with Crippen molar-refractivity contribution in [2.45, 2.75) is 56.9 Å². The molecule has 0 radical (unpaired) electrons. The number of amides is 2. The summed E-state index contributed by atoms with van der Waals surface area (Å²) in [6.45, 7) is 0.956. The van der Waals surface area contributed by atoms with E-state index in [9.17, 15) is 32.3 Å². The molecule has 3 rings (SSSR count). The number of ether oxygens (including phenoxy) is 1. The second-order valence-electron chi connectivity index (χ2n) is 8.54. The number of carbonyl (C=O) groups is 4. The van der Waals surface area contributed by atoms with Crippen LogP contribution < -0.4 is 10.6 Å². The van der Waals surface area contributed by atoms with Crippen LogP contribution in [-0.4, -0.2) is 77.1 Å². The summed E-state index contributed by atoms with van der Waals surface area (Å²) in [5.74, 6) is -2.40. The first kappa shape index (κ1) is 26.1. The molecule has 1 aliphatic carbocycles. The van der Waals surface area contributed by atoms with Gasteiger partial charge in [0.1, 0.15) is 23.6 Å². The van der Waals surface area contributed by atoms with E-state index in [-0.39, 0.29) is 35.6 Å². The largest absolute Gasteiger partial charge is 0.467 e. The first-order valence-corrected chi connectivity index (χ1v) is 11.0. The lowest BCUT2D eigenvalue weighted by Crippen LogP contribution is -2.53. The minimum Gasteiger partial charge on any atom is -0.467 e. The fourth-order valence-corrected chi connectivity index (χ4v) is 4.20. The normalized spacial score (nSPS) is 21.5. The summed E-state index contributed by atoms with van der Waals surface area (Å²) in [6, 6.07) is 0.456. The molecule has 1 saturated heterocycles. The molecule has 35 heavy (non-hydrogen) atoms. The van der Waals surface area contributed by atoms with Gasteiger partial charge in [-0.3, -0.25) is 19.8 Å². The number of hydrogen-bond acceptors (Lipinski definition) is 8. The lowest BCUT2D eigenvalue weighted by molar-refractivity contribution is -0.151. The van der Waals surface area contributed by atoms with Crippen molar-refractivity contribution < 1.29 is 37.1 Å². The van der Waals surface area contributed by atoms with E-state index in [1.165, 1.54) is 24.1 Å². The number of anilines is 1. The highest BCUT2D eigenvalue weighted by atomic mass is 19.4. The Hall–Kier alpha value is -3.51. The number of aromatic nitrogens is 1. The molecule has 4 atom stereocenters. The molecule has 2 aliphatic rings. The molecule has 0 bridgehead atoms. The predicted octanol–water partition coefficient (Wildman–Crippen LogP) is 1.44. The summed E-state index contributed by atoms with van der Waals surface area (Å²) >= 11 is 0. The Bertz CT molecular complexity index is 1030. The monoisotopic (exact) mass is 497 g/mol. The van der Waals surface area contributed by atoms with Crippen LogP contribution in [0.1, 0.15) is 38.2 Å². The number of alkyl halides is 3. The Labute approximate surface area is 199 Å². The molecule has 2 fully saturated rings. The van der Waals surface area contributed by atoms with Gasteiger partial charge in [0.25, 0.3) is 0 Å². The summed E-state index contributed by atoms with van der Waals surface area (Å²) < 4.78 is 42.4. The molecular formula is C22H26F3N5O5. The van der Waals surface area contributed by atoms with Crippen LogP contribution in [0.15, 0.2) is 18.3 Å². The van der Waals surface area contributed by atoms with Gasteiger partial charge in [-0.1, -0.05) is 0 Å². The summed E-state index contributed by atoms with van der Waals surface area (Å²) in [4.78, 5) is 54.8. The molecule has 1 aromatic rings. The van der Waals surface area contributed by atoms with Gasteiger partial charge >= 0.3 is 12.1 Å². The molecule has 1 aromatic heterocycles. The molecule has 2 unspecified atom stereocenters. The number of methoxy groups -OCH3 is 1. The van der Waals surface area contributed by atoms with Gasteiger partial charge in [-0.15, -0.1) is 0 Å². The van der Waals surface area contributed by atoms with E-state index in [2.05, 4.69) is 20.4 Å². The van der Waals surface area contributed by atoms with Crippen LogP contribution in [0.4, 0.5) is 19.0 Å². The van der Waals surface area contributed by atoms with Gasteiger partial charge in [0, 0.05) is 31.1 Å². The standard InChI is InChI=1S/C22H26F3N5O5/c1-11(31)18(26)13-4-3-7-27-19(13)28-10-17(32)30-15-8-12(15)9-16(30)20(33)29-14(21(34)35-2)5-6-22(23,24)25/h3-4,7,12,14-16,26H,5-6,8-10H2,1-2H3,(H,27,28)(H,29,33)/t12?,14?,15-,16+/m1/s1. The van der Waals surface area contributed by atoms with Crippen molar-refractivity contribution in [3.8, 4) is 0 Å². The number of Topliss-reactive ketones (excluding diaryl/α,β-unsaturated/α-hetero) is 1. The second-order valence-corrected chi connectivity index (χ2v) is 8.54. The highest BCUT2D eigenvalue weighted by Crippen LogP contribution is 2.47. The third kappa shape index (κ3) is 6.34. The number of halogens is 3. The van der Waals surface area contributed by atoms with Crippen LogP contribution in [0, 0.1) is 11.3 Å². The van der Waals surface area contributed by atoms with Crippen molar-refractivity contribution in [1.29, 1.82) is 5.41 Å². The molecule has 1 saturated carbocycles. The zero-order valence-electron chi connectivity index (χ0n) is 19.1. The average Bonchev–Trinajstić information content (AvgIpc) is 3.47. The zero-order valence-corrected chi connectivity index (χ0v) is 19.1. The van der Waals surface area contributed by atoms with Crippen molar-refractivity contribution in [3.63, 3.8) is 0 Å². The van der Waals surface area contributed by atoms with E-state index in [4.69, 9.17) is 5.41 Å². The quantitative estimate of drug-likeness (QED) is 0.328. The van der Waals surface area contributed by atoms with Gasteiger partial charge in [-0.05, 0) is 37.3 Å². The molecule has 10 nitrogen and oxygen atoms in total. The number of likely N-dealkylation sites (tertiary alicyclic amines) is 1. The number of esters is 1. The number of pyridine rings is 1. The van der Waals surface area contributed by atoms with Crippen molar-refractivity contribution >= 4 is 35.1 Å². The zero-order chi connectivity index (χ0) is 25.9. The highest BCUT2D eigenvalue weighted by molar-refractivity contribution is 6.45. The van der Waals surface area contributed by atoms with Crippen molar-refractivity contribution in [3.05, 3.63) is 23.9 Å². The molecule has 3 N–H and O–H groups in total. The lowest BCUT2D eigenvalue weighted by Gasteiger charge is -2.28. The topological polar surface area (TPSA) is 142 Å². The van der Waals surface area contributed by atoms with Gasteiger partial charge in [0.05, 0.1) is 13.7 Å². The molecule has 13 heteroatoms. The van der Waals surface area contributed by atoms with E-state index in [0.717, 1.165) is 7.11 Å². The highest BCUT2D eigenvalue weighted by Gasteiger charge is 2.56. The van der Waals surface area contributed by atoms with E-state index < -0.39 is 54.7 Å². The van der Waals surface area contributed by atoms with Crippen LogP contribution >= 0.6 is 0 Å². The summed E-state index contributed by atoms with van der Waals surface area (Å²) in [5, 5.41) is 13.0. The van der Waals surface area contributed by atoms with Crippen LogP contribution in [0.5, 0.6) is 0 Å². The fourth-order valence-electron chi connectivity index (χ4n) is 4.20. The molecule has 1 aliphatic heterocycles. The first-order chi connectivity index (χ1) is 16.4. The Morgan fingerprint density at radius 2 is 2.00 bits per heavy atom. The summed E-state index contributed by atoms with van der Waals surface area (Å²) in [6.07, 6.45) is -4.00. The van der Waals surface area contributed by atoms with Crippen molar-refractivity contribution in [2.75, 3.05) is 19.0 Å². The predicted molar refractivity (Wildman–Crippen MR) is 117 cm³/mol. The van der Waals surface area contributed by atoms with Gasteiger partial charge in [-0.25, -0.2) is 9.78 Å². The van der Waals surface area contributed by atoms with Crippen molar-refractivity contribution in [1.82, 2.24) is 15.2 Å². The molecule has 2 amide bonds. The first-order valence-electron chi connectivity index (χ1n) is 11.0. The third-order valence-corrected chi connectivity index (χ3v) is 6.05. The number of fused-ring (bicyclic) bond motifs is 1. The Kier molecular flexibility index (Phi) is 7.76. The number of rotatable bonds is 10. The van der Waals surface area contributed by atoms with Crippen LogP contribution in [0.3, 0.4) is 0 Å². The molecule has 0 spiro atoms. The Morgan fingerprint density at radius 3 is 2.63 bits per heavy atom. The number of ketones is 1. The second kappa shape index (κ2) is 10.4. The maximum Gasteiger partial charge on any atom is 0.389 e. The minimum atomic E-state index is -4.51. The van der Waals surface area contributed by atoms with Crippen LogP contribution in [0.2, 0.25) is 0 Å². The maximum absolute atomic E-state index is 13.0. The number of nitrogens with one attached hydrogen (secondary N) is 3. The van der Waals surface area contributed by atoms with E-state index in [1.807, 2.05) is 0 Å². The SMILES string of the molecule is COC(=O)C(CCC(F)(F)F)NC(=O)[C@@H]1CC2C[C@H]2N1C(=O)CNc1ncccc1C(=N)C(C)=O. The fraction of sp³-hybridized carbons (Fsp3) is 0.545. The summed E-state index contributed by atoms with van der Waals surface area (Å²) in [5.41, 5.74) is -0.0557. The average molecular weight is 497 g/mol. The molecule has 190 valence electrons. The van der Waals surface area contributed by atoms with E-state index >= 15 is 0 Å². The van der Waals surface area contributed by atoms with Gasteiger partial charge in [0.15, 0.2) is 5.78 Å². The van der Waals surface area contributed by atoms with Gasteiger partial charge in [-0.2, -0.15) is 13.2 Å². The lowest BCUT2D eigenvalue weighted by atomic mass is 10.1. The minimum absolute atomic E-state index is 0.0951. The number of piperidine rings is 1. The van der Waals surface area contributed by atoms with E-state index in [1.54, 1.807) is 6.07 Å². The number of hydrogen-bond donors (Lipinski definition) is 3. The van der Waals surface area contributed by atoms with Crippen LogP contribution in [-0.2, 0) is 23.9 Å². The molecule has 2 heterocycles. The maximum atomic E-state index is 13.0. The number of carbonyl (C=O) groups excluding carboxylic acids is 4. The number of nitrogens with zero attached hydrogens (tertiary/aromatic N) is 2. The van der Waals surface area contributed by atoms with Crippen LogP contribution in [0.25, 0.3) is 0 Å². The summed E-state index contributed by atoms with van der Waals surface area (Å²) in [7, 11) is 1.01. The Balaban J connectivity index is 1.67.